The molecule has 0 bridgehead atoms. The van der Waals surface area contributed by atoms with Crippen LogP contribution in [0.15, 0.2) is 0 Å². The Hall–Kier alpha value is -1.50. The van der Waals surface area contributed by atoms with Gasteiger partial charge < -0.3 is 10.2 Å². The molecule has 0 atom stereocenters. The van der Waals surface area contributed by atoms with E-state index in [1.54, 1.807) is 4.90 Å². The van der Waals surface area contributed by atoms with Crippen molar-refractivity contribution in [2.24, 2.45) is 5.92 Å². The number of rotatable bonds is 3. The molecule has 0 unspecified atom stereocenters. The molecule has 1 amide bonds. The van der Waals surface area contributed by atoms with E-state index >= 15 is 0 Å². The van der Waals surface area contributed by atoms with Crippen LogP contribution < -0.4 is 5.32 Å². The number of likely N-dealkylation sites (tertiary alicyclic amines) is 1. The van der Waals surface area contributed by atoms with Crippen LogP contribution in [0.1, 0.15) is 23.5 Å². The van der Waals surface area contributed by atoms with Gasteiger partial charge in [0.05, 0.1) is 0 Å². The highest BCUT2D eigenvalue weighted by atomic mass is 16.2. The Morgan fingerprint density at radius 2 is 2.31 bits per heavy atom. The standard InChI is InChI=1S/C9H16N6O/c1-10-6-7-2-4-15(5-3-7)9(16)8-11-13-14-12-8/h7,10H,2-6H2,1H3,(H,11,12,13,14). The molecule has 88 valence electrons. The molecule has 2 heterocycles. The van der Waals surface area contributed by atoms with E-state index in [0.29, 0.717) is 5.92 Å². The molecule has 1 fully saturated rings. The first kappa shape index (κ1) is 11.0. The number of carbonyl (C=O) groups excluding carboxylic acids is 1. The second kappa shape index (κ2) is 5.02. The summed E-state index contributed by atoms with van der Waals surface area (Å²) in [4.78, 5) is 13.6. The lowest BCUT2D eigenvalue weighted by Crippen LogP contribution is -2.40. The van der Waals surface area contributed by atoms with Crippen LogP contribution in [0.4, 0.5) is 0 Å². The maximum atomic E-state index is 11.9. The molecule has 1 aromatic heterocycles. The van der Waals surface area contributed by atoms with E-state index < -0.39 is 0 Å². The number of tetrazole rings is 1. The van der Waals surface area contributed by atoms with E-state index in [4.69, 9.17) is 0 Å². The number of amides is 1. The third-order valence-electron chi connectivity index (χ3n) is 2.93. The zero-order valence-electron chi connectivity index (χ0n) is 9.31. The fourth-order valence-electron chi connectivity index (χ4n) is 2.02. The summed E-state index contributed by atoms with van der Waals surface area (Å²) in [7, 11) is 1.96. The van der Waals surface area contributed by atoms with Gasteiger partial charge in [-0.1, -0.05) is 0 Å². The van der Waals surface area contributed by atoms with Gasteiger partial charge in [0.15, 0.2) is 0 Å². The van der Waals surface area contributed by atoms with Crippen molar-refractivity contribution in [3.8, 4) is 0 Å². The fraction of sp³-hybridized carbons (Fsp3) is 0.778. The summed E-state index contributed by atoms with van der Waals surface area (Å²) in [6, 6.07) is 0. The topological polar surface area (TPSA) is 86.8 Å². The molecule has 2 rings (SSSR count). The monoisotopic (exact) mass is 224 g/mol. The van der Waals surface area contributed by atoms with Gasteiger partial charge in [-0.15, -0.1) is 10.2 Å². The van der Waals surface area contributed by atoms with Crippen molar-refractivity contribution in [1.82, 2.24) is 30.8 Å². The van der Waals surface area contributed by atoms with Crippen molar-refractivity contribution >= 4 is 5.91 Å². The highest BCUT2D eigenvalue weighted by molar-refractivity contribution is 5.90. The van der Waals surface area contributed by atoms with Crippen LogP contribution in [-0.4, -0.2) is 58.1 Å². The summed E-state index contributed by atoms with van der Waals surface area (Å²) in [6.07, 6.45) is 2.06. The third-order valence-corrected chi connectivity index (χ3v) is 2.93. The maximum Gasteiger partial charge on any atom is 0.295 e. The number of nitrogens with zero attached hydrogens (tertiary/aromatic N) is 4. The summed E-state index contributed by atoms with van der Waals surface area (Å²) < 4.78 is 0. The Balaban J connectivity index is 1.87. The van der Waals surface area contributed by atoms with Crippen molar-refractivity contribution in [2.45, 2.75) is 12.8 Å². The van der Waals surface area contributed by atoms with Gasteiger partial charge in [-0.3, -0.25) is 4.79 Å². The van der Waals surface area contributed by atoms with Crippen LogP contribution in [0.25, 0.3) is 0 Å². The van der Waals surface area contributed by atoms with E-state index in [0.717, 1.165) is 32.5 Å². The van der Waals surface area contributed by atoms with Gasteiger partial charge in [-0.25, -0.2) is 0 Å². The van der Waals surface area contributed by atoms with Gasteiger partial charge in [-0.05, 0) is 37.6 Å². The van der Waals surface area contributed by atoms with E-state index in [1.807, 2.05) is 7.05 Å². The average Bonchev–Trinajstić information content (AvgIpc) is 2.83. The smallest absolute Gasteiger partial charge is 0.295 e. The normalized spacial score (nSPS) is 17.7. The number of nitrogens with one attached hydrogen (secondary N) is 2. The van der Waals surface area contributed by atoms with Crippen LogP contribution in [0.5, 0.6) is 0 Å². The van der Waals surface area contributed by atoms with Crippen molar-refractivity contribution < 1.29 is 4.79 Å². The molecule has 1 aromatic rings. The van der Waals surface area contributed by atoms with Gasteiger partial charge in [0, 0.05) is 13.1 Å². The number of aromatic amines is 1. The zero-order valence-corrected chi connectivity index (χ0v) is 9.31. The molecule has 0 spiro atoms. The molecular formula is C9H16N6O. The van der Waals surface area contributed by atoms with E-state index in [1.165, 1.54) is 0 Å². The maximum absolute atomic E-state index is 11.9. The molecule has 0 saturated carbocycles. The van der Waals surface area contributed by atoms with Crippen LogP contribution in [-0.2, 0) is 0 Å². The minimum atomic E-state index is -0.128. The Morgan fingerprint density at radius 3 is 2.88 bits per heavy atom. The molecule has 1 aliphatic rings. The largest absolute Gasteiger partial charge is 0.336 e. The van der Waals surface area contributed by atoms with Crippen molar-refractivity contribution in [1.29, 1.82) is 0 Å². The molecule has 7 nitrogen and oxygen atoms in total. The highest BCUT2D eigenvalue weighted by Gasteiger charge is 2.25. The first-order valence-corrected chi connectivity index (χ1v) is 5.48. The van der Waals surface area contributed by atoms with E-state index in [-0.39, 0.29) is 11.7 Å². The summed E-state index contributed by atoms with van der Waals surface area (Å²) in [6.45, 7) is 2.57. The van der Waals surface area contributed by atoms with Crippen molar-refractivity contribution in [3.05, 3.63) is 5.82 Å². The molecule has 0 aliphatic carbocycles. The Kier molecular flexibility index (Phi) is 3.45. The molecule has 1 saturated heterocycles. The number of H-pyrrole nitrogens is 1. The summed E-state index contributed by atoms with van der Waals surface area (Å²) in [5, 5.41) is 16.2. The molecule has 0 radical (unpaired) electrons. The lowest BCUT2D eigenvalue weighted by Gasteiger charge is -2.31. The Labute approximate surface area is 93.6 Å². The lowest BCUT2D eigenvalue weighted by atomic mass is 9.97. The summed E-state index contributed by atoms with van der Waals surface area (Å²) >= 11 is 0. The molecule has 16 heavy (non-hydrogen) atoms. The number of piperidine rings is 1. The predicted octanol–water partition coefficient (Wildman–Crippen LogP) is -0.729. The van der Waals surface area contributed by atoms with Crippen molar-refractivity contribution in [2.75, 3.05) is 26.7 Å². The SMILES string of the molecule is CNCC1CCN(C(=O)c2nn[nH]n2)CC1. The van der Waals surface area contributed by atoms with Crippen LogP contribution in [0.3, 0.4) is 0 Å². The molecule has 7 heteroatoms. The molecular weight excluding hydrogens is 208 g/mol. The Bertz CT molecular complexity index is 330. The predicted molar refractivity (Wildman–Crippen MR) is 56.7 cm³/mol. The first-order chi connectivity index (χ1) is 7.81. The van der Waals surface area contributed by atoms with Crippen LogP contribution in [0.2, 0.25) is 0 Å². The molecule has 2 N–H and O–H groups in total. The Morgan fingerprint density at radius 1 is 1.56 bits per heavy atom. The zero-order chi connectivity index (χ0) is 11.4. The number of carbonyl (C=O) groups is 1. The minimum absolute atomic E-state index is 0.128. The minimum Gasteiger partial charge on any atom is -0.336 e. The fourth-order valence-corrected chi connectivity index (χ4v) is 2.02. The van der Waals surface area contributed by atoms with E-state index in [9.17, 15) is 4.79 Å². The van der Waals surface area contributed by atoms with Gasteiger partial charge in [0.2, 0.25) is 0 Å². The van der Waals surface area contributed by atoms with Crippen molar-refractivity contribution in [3.63, 3.8) is 0 Å². The summed E-state index contributed by atoms with van der Waals surface area (Å²) in [5.41, 5.74) is 0. The highest BCUT2D eigenvalue weighted by Crippen LogP contribution is 2.17. The first-order valence-electron chi connectivity index (χ1n) is 5.48. The van der Waals surface area contributed by atoms with Gasteiger partial charge in [-0.2, -0.15) is 5.21 Å². The van der Waals surface area contributed by atoms with Gasteiger partial charge in [0.1, 0.15) is 0 Å². The molecule has 0 aromatic carbocycles. The lowest BCUT2D eigenvalue weighted by molar-refractivity contribution is 0.0678. The number of aromatic nitrogens is 4. The number of hydrogen-bond acceptors (Lipinski definition) is 5. The quantitative estimate of drug-likeness (QED) is 0.707. The van der Waals surface area contributed by atoms with Crippen LogP contribution in [0, 0.1) is 5.92 Å². The van der Waals surface area contributed by atoms with E-state index in [2.05, 4.69) is 25.9 Å². The van der Waals surface area contributed by atoms with Gasteiger partial charge >= 0.3 is 0 Å². The second-order valence-electron chi connectivity index (χ2n) is 4.03. The van der Waals surface area contributed by atoms with Gasteiger partial charge in [0.25, 0.3) is 11.7 Å². The second-order valence-corrected chi connectivity index (χ2v) is 4.03. The number of hydrogen-bond donors (Lipinski definition) is 2. The average molecular weight is 224 g/mol. The molecule has 1 aliphatic heterocycles. The van der Waals surface area contributed by atoms with Crippen LogP contribution >= 0.6 is 0 Å². The summed E-state index contributed by atoms with van der Waals surface area (Å²) in [5.74, 6) is 0.697. The third kappa shape index (κ3) is 2.35.